The largest absolute Gasteiger partial charge is 0.480 e. The van der Waals surface area contributed by atoms with Crippen molar-refractivity contribution in [3.05, 3.63) is 90.0 Å². The van der Waals surface area contributed by atoms with Gasteiger partial charge in [0.05, 0.1) is 0 Å². The van der Waals surface area contributed by atoms with Gasteiger partial charge in [-0.25, -0.2) is 9.59 Å². The SMILES string of the molecule is CCCC[C@@H](C(=O)O)N(C(=O)OCC1c2ccccc2-c2ccccc21)c1ccccc1. The summed E-state index contributed by atoms with van der Waals surface area (Å²) in [6.45, 7) is 2.15. The van der Waals surface area contributed by atoms with Crippen molar-refractivity contribution in [1.29, 1.82) is 0 Å². The van der Waals surface area contributed by atoms with Gasteiger partial charge in [-0.2, -0.15) is 0 Å². The molecule has 1 aliphatic carbocycles. The predicted molar refractivity (Wildman–Crippen MR) is 125 cm³/mol. The first-order chi connectivity index (χ1) is 15.6. The Bertz CT molecular complexity index is 1050. The molecule has 0 saturated carbocycles. The predicted octanol–water partition coefficient (Wildman–Crippen LogP) is 6.09. The molecule has 5 nitrogen and oxygen atoms in total. The van der Waals surface area contributed by atoms with Crippen molar-refractivity contribution in [2.75, 3.05) is 11.5 Å². The van der Waals surface area contributed by atoms with Crippen LogP contribution in [0.25, 0.3) is 11.1 Å². The van der Waals surface area contributed by atoms with Crippen molar-refractivity contribution in [2.24, 2.45) is 0 Å². The van der Waals surface area contributed by atoms with Gasteiger partial charge < -0.3 is 9.84 Å². The van der Waals surface area contributed by atoms with E-state index in [-0.39, 0.29) is 12.5 Å². The molecular formula is C27H27NO4. The van der Waals surface area contributed by atoms with E-state index in [0.717, 1.165) is 28.7 Å². The Morgan fingerprint density at radius 1 is 0.906 bits per heavy atom. The topological polar surface area (TPSA) is 66.8 Å². The zero-order valence-corrected chi connectivity index (χ0v) is 18.1. The van der Waals surface area contributed by atoms with Gasteiger partial charge in [0, 0.05) is 11.6 Å². The number of fused-ring (bicyclic) bond motifs is 3. The Labute approximate surface area is 188 Å². The van der Waals surface area contributed by atoms with Gasteiger partial charge in [-0.1, -0.05) is 86.5 Å². The van der Waals surface area contributed by atoms with Crippen molar-refractivity contribution in [3.8, 4) is 11.1 Å². The number of rotatable bonds is 8. The lowest BCUT2D eigenvalue weighted by atomic mass is 9.98. The first-order valence-corrected chi connectivity index (χ1v) is 11.0. The van der Waals surface area contributed by atoms with Crippen molar-refractivity contribution in [1.82, 2.24) is 0 Å². The quantitative estimate of drug-likeness (QED) is 0.471. The number of aliphatic carboxylic acids is 1. The Hall–Kier alpha value is -3.60. The third-order valence-corrected chi connectivity index (χ3v) is 5.99. The van der Waals surface area contributed by atoms with Crippen LogP contribution in [0.3, 0.4) is 0 Å². The van der Waals surface area contributed by atoms with E-state index in [1.165, 1.54) is 4.90 Å². The number of unbranched alkanes of at least 4 members (excludes halogenated alkanes) is 1. The van der Waals surface area contributed by atoms with E-state index in [1.807, 2.05) is 37.3 Å². The standard InChI is InChI=1S/C27H27NO4/c1-2-3-17-25(26(29)30)28(19-11-5-4-6-12-19)27(31)32-18-24-22-15-9-7-13-20(22)21-14-8-10-16-23(21)24/h4-16,24-25H,2-3,17-18H2,1H3,(H,29,30)/t25-/m0/s1. The van der Waals surface area contributed by atoms with E-state index in [9.17, 15) is 14.7 Å². The number of carboxylic acid groups (broad SMARTS) is 1. The highest BCUT2D eigenvalue weighted by Crippen LogP contribution is 2.44. The van der Waals surface area contributed by atoms with Crippen LogP contribution >= 0.6 is 0 Å². The lowest BCUT2D eigenvalue weighted by Gasteiger charge is -2.29. The molecule has 0 radical (unpaired) electrons. The number of amides is 1. The number of anilines is 1. The molecule has 0 saturated heterocycles. The monoisotopic (exact) mass is 429 g/mol. The number of ether oxygens (including phenoxy) is 1. The van der Waals surface area contributed by atoms with E-state index in [4.69, 9.17) is 4.74 Å². The summed E-state index contributed by atoms with van der Waals surface area (Å²) in [4.78, 5) is 26.6. The number of hydrogen-bond donors (Lipinski definition) is 1. The number of carboxylic acids is 1. The molecule has 4 rings (SSSR count). The number of benzene rings is 3. The molecule has 32 heavy (non-hydrogen) atoms. The number of para-hydroxylation sites is 1. The smallest absolute Gasteiger partial charge is 0.415 e. The first-order valence-electron chi connectivity index (χ1n) is 11.0. The van der Waals surface area contributed by atoms with Crippen molar-refractivity contribution in [3.63, 3.8) is 0 Å². The van der Waals surface area contributed by atoms with Gasteiger partial charge >= 0.3 is 12.1 Å². The van der Waals surface area contributed by atoms with Gasteiger partial charge in [-0.05, 0) is 40.8 Å². The maximum absolute atomic E-state index is 13.3. The fourth-order valence-corrected chi connectivity index (χ4v) is 4.43. The highest BCUT2D eigenvalue weighted by Gasteiger charge is 2.34. The lowest BCUT2D eigenvalue weighted by Crippen LogP contribution is -2.46. The van der Waals surface area contributed by atoms with Crippen LogP contribution in [0, 0.1) is 0 Å². The molecule has 0 fully saturated rings. The third-order valence-electron chi connectivity index (χ3n) is 5.99. The summed E-state index contributed by atoms with van der Waals surface area (Å²) in [5, 5.41) is 9.87. The van der Waals surface area contributed by atoms with Crippen LogP contribution in [0.5, 0.6) is 0 Å². The Kier molecular flexibility index (Phi) is 6.55. The van der Waals surface area contributed by atoms with E-state index in [2.05, 4.69) is 24.3 Å². The minimum Gasteiger partial charge on any atom is -0.480 e. The fraction of sp³-hybridized carbons (Fsp3) is 0.259. The van der Waals surface area contributed by atoms with Gasteiger partial charge in [0.1, 0.15) is 12.6 Å². The Morgan fingerprint density at radius 3 is 2.03 bits per heavy atom. The van der Waals surface area contributed by atoms with Gasteiger partial charge in [-0.3, -0.25) is 4.90 Å². The average molecular weight is 430 g/mol. The van der Waals surface area contributed by atoms with Crippen LogP contribution in [0.15, 0.2) is 78.9 Å². The molecule has 0 spiro atoms. The molecule has 3 aromatic rings. The lowest BCUT2D eigenvalue weighted by molar-refractivity contribution is -0.138. The normalized spacial score (nSPS) is 13.2. The zero-order chi connectivity index (χ0) is 22.5. The summed E-state index contributed by atoms with van der Waals surface area (Å²) in [7, 11) is 0. The summed E-state index contributed by atoms with van der Waals surface area (Å²) in [5.74, 6) is -1.11. The van der Waals surface area contributed by atoms with Gasteiger partial charge in [-0.15, -0.1) is 0 Å². The van der Waals surface area contributed by atoms with Crippen LogP contribution in [0.4, 0.5) is 10.5 Å². The number of nitrogens with zero attached hydrogens (tertiary/aromatic N) is 1. The maximum Gasteiger partial charge on any atom is 0.415 e. The molecular weight excluding hydrogens is 402 g/mol. The summed E-state index contributed by atoms with van der Waals surface area (Å²) in [5.41, 5.74) is 5.06. The van der Waals surface area contributed by atoms with Crippen LogP contribution in [0.2, 0.25) is 0 Å². The average Bonchev–Trinajstić information content (AvgIpc) is 3.14. The van der Waals surface area contributed by atoms with Crippen molar-refractivity contribution < 1.29 is 19.4 Å². The molecule has 3 aromatic carbocycles. The van der Waals surface area contributed by atoms with Crippen molar-refractivity contribution >= 4 is 17.7 Å². The van der Waals surface area contributed by atoms with Crippen molar-refractivity contribution in [2.45, 2.75) is 38.1 Å². The van der Waals surface area contributed by atoms with Gasteiger partial charge in [0.2, 0.25) is 0 Å². The van der Waals surface area contributed by atoms with Crippen LogP contribution in [-0.4, -0.2) is 29.8 Å². The fourth-order valence-electron chi connectivity index (χ4n) is 4.43. The first kappa shape index (κ1) is 21.6. The van der Waals surface area contributed by atoms with Crippen LogP contribution in [-0.2, 0) is 9.53 Å². The number of hydrogen-bond acceptors (Lipinski definition) is 3. The summed E-state index contributed by atoms with van der Waals surface area (Å²) in [6.07, 6.45) is 1.28. The molecule has 0 bridgehead atoms. The van der Waals surface area contributed by atoms with E-state index < -0.39 is 18.1 Å². The molecule has 5 heteroatoms. The van der Waals surface area contributed by atoms with E-state index in [1.54, 1.807) is 24.3 Å². The molecule has 1 atom stereocenters. The highest BCUT2D eigenvalue weighted by atomic mass is 16.6. The molecule has 1 amide bonds. The third kappa shape index (κ3) is 4.24. The molecule has 0 aliphatic heterocycles. The second kappa shape index (κ2) is 9.69. The number of carbonyl (C=O) groups is 2. The molecule has 1 aliphatic rings. The van der Waals surface area contributed by atoms with Gasteiger partial charge in [0.25, 0.3) is 0 Å². The summed E-state index contributed by atoms with van der Waals surface area (Å²) >= 11 is 0. The molecule has 0 unspecified atom stereocenters. The minimum atomic E-state index is -1.03. The maximum atomic E-state index is 13.3. The van der Waals surface area contributed by atoms with E-state index in [0.29, 0.717) is 18.5 Å². The second-order valence-electron chi connectivity index (χ2n) is 8.01. The molecule has 0 aromatic heterocycles. The highest BCUT2D eigenvalue weighted by molar-refractivity contribution is 5.95. The Morgan fingerprint density at radius 2 is 1.47 bits per heavy atom. The summed E-state index contributed by atoms with van der Waals surface area (Å²) in [6, 6.07) is 24.2. The zero-order valence-electron chi connectivity index (χ0n) is 18.1. The molecule has 164 valence electrons. The van der Waals surface area contributed by atoms with E-state index >= 15 is 0 Å². The number of carbonyl (C=O) groups excluding carboxylic acids is 1. The van der Waals surface area contributed by atoms with Crippen LogP contribution < -0.4 is 4.90 Å². The Balaban J connectivity index is 1.60. The van der Waals surface area contributed by atoms with Crippen LogP contribution in [0.1, 0.15) is 43.2 Å². The minimum absolute atomic E-state index is 0.0807. The summed E-state index contributed by atoms with van der Waals surface area (Å²) < 4.78 is 5.79. The molecule has 0 heterocycles. The van der Waals surface area contributed by atoms with Gasteiger partial charge in [0.15, 0.2) is 0 Å². The molecule has 1 N–H and O–H groups in total. The second-order valence-corrected chi connectivity index (χ2v) is 8.01.